The smallest absolute Gasteiger partial charge is 0.249 e. The molecule has 1 heterocycles. The molecule has 0 aromatic rings. The van der Waals surface area contributed by atoms with Crippen molar-refractivity contribution in [2.45, 2.75) is 71.1 Å². The number of ether oxygens (including phenoxy) is 1. The molecule has 1 N–H and O–H groups in total. The van der Waals surface area contributed by atoms with Gasteiger partial charge in [0.15, 0.2) is 0 Å². The molecule has 1 aliphatic carbocycles. The molecule has 2 fully saturated rings. The van der Waals surface area contributed by atoms with E-state index in [1.807, 2.05) is 27.7 Å². The van der Waals surface area contributed by atoms with E-state index in [1.54, 1.807) is 12.0 Å². The topological polar surface area (TPSA) is 58.6 Å². The average molecular weight is 296 g/mol. The van der Waals surface area contributed by atoms with Gasteiger partial charge in [-0.25, -0.2) is 0 Å². The fraction of sp³-hybridized carbons (Fsp3) is 0.875. The zero-order valence-electron chi connectivity index (χ0n) is 13.9. The first-order valence-corrected chi connectivity index (χ1v) is 7.87. The van der Waals surface area contributed by atoms with Crippen molar-refractivity contribution >= 4 is 11.8 Å². The average Bonchev–Trinajstić information content (AvgIpc) is 2.83. The molecule has 120 valence electrons. The van der Waals surface area contributed by atoms with Crippen LogP contribution < -0.4 is 5.32 Å². The minimum absolute atomic E-state index is 0.0210. The number of carbonyl (C=O) groups is 2. The van der Waals surface area contributed by atoms with E-state index in [1.165, 1.54) is 0 Å². The largest absolute Gasteiger partial charge is 0.380 e. The number of piperazine rings is 1. The van der Waals surface area contributed by atoms with E-state index in [9.17, 15) is 9.59 Å². The summed E-state index contributed by atoms with van der Waals surface area (Å²) in [5.74, 6) is 0.0516. The summed E-state index contributed by atoms with van der Waals surface area (Å²) in [6.07, 6.45) is 3.43. The number of hydrogen-bond acceptors (Lipinski definition) is 3. The van der Waals surface area contributed by atoms with Gasteiger partial charge in [0.05, 0.1) is 6.10 Å². The monoisotopic (exact) mass is 296 g/mol. The molecule has 0 aromatic heterocycles. The molecule has 5 nitrogen and oxygen atoms in total. The van der Waals surface area contributed by atoms with Crippen LogP contribution in [0, 0.1) is 5.41 Å². The molecule has 1 saturated heterocycles. The standard InChI is InChI=1S/C16H28N2O3/c1-11(21-5)10-18-12(15(2,3)4)13(19)17-16(14(18)20)8-6-7-9-16/h11-12H,6-10H2,1-5H3,(H,17,19). The second kappa shape index (κ2) is 5.59. The third-order valence-electron chi connectivity index (χ3n) is 4.73. The summed E-state index contributed by atoms with van der Waals surface area (Å²) in [5, 5.41) is 3.05. The first-order chi connectivity index (χ1) is 9.71. The van der Waals surface area contributed by atoms with Crippen LogP contribution in [-0.2, 0) is 14.3 Å². The molecule has 2 atom stereocenters. The van der Waals surface area contributed by atoms with Gasteiger partial charge in [0.1, 0.15) is 11.6 Å². The van der Waals surface area contributed by atoms with Gasteiger partial charge in [-0.05, 0) is 25.2 Å². The Morgan fingerprint density at radius 3 is 2.38 bits per heavy atom. The lowest BCUT2D eigenvalue weighted by Gasteiger charge is -2.49. The lowest BCUT2D eigenvalue weighted by Crippen LogP contribution is -2.72. The van der Waals surface area contributed by atoms with Crippen LogP contribution >= 0.6 is 0 Å². The van der Waals surface area contributed by atoms with Crippen LogP contribution in [0.1, 0.15) is 53.4 Å². The maximum absolute atomic E-state index is 13.1. The summed E-state index contributed by atoms with van der Waals surface area (Å²) in [6.45, 7) is 8.40. The summed E-state index contributed by atoms with van der Waals surface area (Å²) in [5.41, 5.74) is -0.959. The second-order valence-corrected chi connectivity index (χ2v) is 7.55. The van der Waals surface area contributed by atoms with Crippen LogP contribution in [0.15, 0.2) is 0 Å². The fourth-order valence-corrected chi connectivity index (χ4v) is 3.61. The van der Waals surface area contributed by atoms with Crippen molar-refractivity contribution in [3.63, 3.8) is 0 Å². The third kappa shape index (κ3) is 2.93. The summed E-state index contributed by atoms with van der Waals surface area (Å²) in [6, 6.07) is -0.436. The number of nitrogens with zero attached hydrogens (tertiary/aromatic N) is 1. The van der Waals surface area contributed by atoms with Gasteiger partial charge in [0.2, 0.25) is 11.8 Å². The molecule has 1 spiro atoms. The van der Waals surface area contributed by atoms with Crippen LogP contribution in [0.4, 0.5) is 0 Å². The number of methoxy groups -OCH3 is 1. The van der Waals surface area contributed by atoms with Gasteiger partial charge < -0.3 is 15.0 Å². The Kier molecular flexibility index (Phi) is 4.34. The van der Waals surface area contributed by atoms with E-state index in [2.05, 4.69) is 5.32 Å². The Hall–Kier alpha value is -1.10. The van der Waals surface area contributed by atoms with E-state index < -0.39 is 11.6 Å². The van der Waals surface area contributed by atoms with Gasteiger partial charge in [-0.3, -0.25) is 9.59 Å². The predicted octanol–water partition coefficient (Wildman–Crippen LogP) is 1.71. The minimum atomic E-state index is -0.660. The minimum Gasteiger partial charge on any atom is -0.380 e. The molecule has 2 aliphatic rings. The number of carbonyl (C=O) groups excluding carboxylic acids is 2. The number of rotatable bonds is 3. The molecule has 2 rings (SSSR count). The molecule has 1 aliphatic heterocycles. The molecule has 5 heteroatoms. The van der Waals surface area contributed by atoms with E-state index in [4.69, 9.17) is 4.74 Å². The molecule has 0 bridgehead atoms. The van der Waals surface area contributed by atoms with Gasteiger partial charge in [-0.2, -0.15) is 0 Å². The zero-order chi connectivity index (χ0) is 15.8. The van der Waals surface area contributed by atoms with Crippen molar-refractivity contribution in [3.05, 3.63) is 0 Å². The maximum atomic E-state index is 13.1. The quantitative estimate of drug-likeness (QED) is 0.862. The molecule has 0 aromatic carbocycles. The lowest BCUT2D eigenvalue weighted by molar-refractivity contribution is -0.161. The lowest BCUT2D eigenvalue weighted by atomic mass is 9.80. The van der Waals surface area contributed by atoms with Crippen LogP contribution in [0.25, 0.3) is 0 Å². The predicted molar refractivity (Wildman–Crippen MR) is 80.8 cm³/mol. The SMILES string of the molecule is COC(C)CN1C(=O)C2(CCCC2)NC(=O)C1C(C)(C)C. The first kappa shape index (κ1) is 16.3. The van der Waals surface area contributed by atoms with Gasteiger partial charge in [0.25, 0.3) is 0 Å². The van der Waals surface area contributed by atoms with Crippen LogP contribution in [0.3, 0.4) is 0 Å². The number of hydrogen-bond donors (Lipinski definition) is 1. The Morgan fingerprint density at radius 1 is 1.33 bits per heavy atom. The van der Waals surface area contributed by atoms with E-state index in [-0.39, 0.29) is 23.3 Å². The van der Waals surface area contributed by atoms with E-state index >= 15 is 0 Å². The first-order valence-electron chi connectivity index (χ1n) is 7.87. The molecular formula is C16H28N2O3. The summed E-state index contributed by atoms with van der Waals surface area (Å²) < 4.78 is 5.32. The van der Waals surface area contributed by atoms with Gasteiger partial charge in [0, 0.05) is 13.7 Å². The van der Waals surface area contributed by atoms with Gasteiger partial charge >= 0.3 is 0 Å². The molecule has 21 heavy (non-hydrogen) atoms. The Balaban J connectivity index is 2.34. The second-order valence-electron chi connectivity index (χ2n) is 7.55. The Bertz CT molecular complexity index is 422. The van der Waals surface area contributed by atoms with Crippen LogP contribution in [-0.4, -0.2) is 48.1 Å². The van der Waals surface area contributed by atoms with Crippen molar-refractivity contribution < 1.29 is 14.3 Å². The Morgan fingerprint density at radius 2 is 1.90 bits per heavy atom. The molecular weight excluding hydrogens is 268 g/mol. The molecule has 2 unspecified atom stereocenters. The highest BCUT2D eigenvalue weighted by Crippen LogP contribution is 2.38. The van der Waals surface area contributed by atoms with Gasteiger partial charge in [-0.1, -0.05) is 33.6 Å². The maximum Gasteiger partial charge on any atom is 0.249 e. The highest BCUT2D eigenvalue weighted by molar-refractivity contribution is 6.00. The van der Waals surface area contributed by atoms with E-state index in [0.29, 0.717) is 6.54 Å². The van der Waals surface area contributed by atoms with Gasteiger partial charge in [-0.15, -0.1) is 0 Å². The fourth-order valence-electron chi connectivity index (χ4n) is 3.61. The van der Waals surface area contributed by atoms with Crippen molar-refractivity contribution in [1.82, 2.24) is 10.2 Å². The van der Waals surface area contributed by atoms with E-state index in [0.717, 1.165) is 25.7 Å². The number of amides is 2. The molecule has 0 radical (unpaired) electrons. The third-order valence-corrected chi connectivity index (χ3v) is 4.73. The van der Waals surface area contributed by atoms with Crippen LogP contribution in [0.2, 0.25) is 0 Å². The highest BCUT2D eigenvalue weighted by atomic mass is 16.5. The summed E-state index contributed by atoms with van der Waals surface area (Å²) in [4.78, 5) is 27.5. The highest BCUT2D eigenvalue weighted by Gasteiger charge is 2.54. The molecule has 2 amide bonds. The zero-order valence-corrected chi connectivity index (χ0v) is 13.9. The van der Waals surface area contributed by atoms with Crippen LogP contribution in [0.5, 0.6) is 0 Å². The summed E-state index contributed by atoms with van der Waals surface area (Å²) >= 11 is 0. The van der Waals surface area contributed by atoms with Crippen molar-refractivity contribution in [1.29, 1.82) is 0 Å². The molecule has 1 saturated carbocycles. The normalized spacial score (nSPS) is 27.1. The van der Waals surface area contributed by atoms with Crippen molar-refractivity contribution in [2.75, 3.05) is 13.7 Å². The summed E-state index contributed by atoms with van der Waals surface area (Å²) in [7, 11) is 1.64. The number of nitrogens with one attached hydrogen (secondary N) is 1. The van der Waals surface area contributed by atoms with Crippen molar-refractivity contribution in [3.8, 4) is 0 Å². The van der Waals surface area contributed by atoms with Crippen molar-refractivity contribution in [2.24, 2.45) is 5.41 Å². The Labute approximate surface area is 127 Å².